The van der Waals surface area contributed by atoms with Crippen molar-refractivity contribution in [3.05, 3.63) is 24.3 Å². The molecule has 1 aromatic rings. The number of amides is 1. The first-order chi connectivity index (χ1) is 14.5. The van der Waals surface area contributed by atoms with Gasteiger partial charge in [0, 0.05) is 12.1 Å². The Morgan fingerprint density at radius 1 is 0.774 bits per heavy atom. The summed E-state index contributed by atoms with van der Waals surface area (Å²) in [5.41, 5.74) is 6.04. The van der Waals surface area contributed by atoms with Crippen molar-refractivity contribution in [3.8, 4) is 0 Å². The largest absolute Gasteiger partial charge is 1.00 e. The standard InChI is InChI=1S/C24H42N2O3S.Li.H/c1-2-3-4-5-6-7-8-9-10-11-12-13-14-15-16-17-24(27)26-30(28,29)23-20-18-22(25)19-21-23;;/h18-21H,2-17,25H2,1H3,(H,26,27);;/q;+1;-1. The minimum absolute atomic E-state index is 0. The van der Waals surface area contributed by atoms with Crippen LogP contribution in [0, 0.1) is 0 Å². The molecule has 31 heavy (non-hydrogen) atoms. The van der Waals surface area contributed by atoms with Crippen LogP contribution in [0.1, 0.15) is 111 Å². The van der Waals surface area contributed by atoms with Crippen LogP contribution in [0.4, 0.5) is 5.69 Å². The summed E-state index contributed by atoms with van der Waals surface area (Å²) >= 11 is 0. The summed E-state index contributed by atoms with van der Waals surface area (Å²) < 4.78 is 26.4. The first kappa shape index (κ1) is 30.0. The number of anilines is 1. The fourth-order valence-electron chi connectivity index (χ4n) is 3.56. The van der Waals surface area contributed by atoms with Crippen LogP contribution >= 0.6 is 0 Å². The molecule has 1 rings (SSSR count). The van der Waals surface area contributed by atoms with Crippen molar-refractivity contribution >= 4 is 21.6 Å². The third kappa shape index (κ3) is 15.5. The topological polar surface area (TPSA) is 89.3 Å². The number of hydrogen-bond acceptors (Lipinski definition) is 4. The second-order valence-corrected chi connectivity index (χ2v) is 9.98. The minimum Gasteiger partial charge on any atom is -1.00 e. The number of benzene rings is 1. The number of rotatable bonds is 18. The Hall–Kier alpha value is -0.963. The molecule has 0 atom stereocenters. The van der Waals surface area contributed by atoms with E-state index in [1.807, 2.05) is 0 Å². The maximum absolute atomic E-state index is 12.1. The summed E-state index contributed by atoms with van der Waals surface area (Å²) in [6.45, 7) is 2.26. The molecule has 0 spiro atoms. The van der Waals surface area contributed by atoms with E-state index in [2.05, 4.69) is 11.6 Å². The number of hydrogen-bond donors (Lipinski definition) is 2. The predicted octanol–water partition coefficient (Wildman–Crippen LogP) is 3.45. The molecule has 0 aliphatic heterocycles. The van der Waals surface area contributed by atoms with Crippen molar-refractivity contribution in [3.63, 3.8) is 0 Å². The van der Waals surface area contributed by atoms with Crippen molar-refractivity contribution < 1.29 is 33.5 Å². The van der Waals surface area contributed by atoms with Gasteiger partial charge in [-0.05, 0) is 30.7 Å². The van der Waals surface area contributed by atoms with Gasteiger partial charge in [0.15, 0.2) is 0 Å². The molecule has 0 fully saturated rings. The van der Waals surface area contributed by atoms with E-state index in [0.29, 0.717) is 5.69 Å². The predicted molar refractivity (Wildman–Crippen MR) is 127 cm³/mol. The average molecular weight is 447 g/mol. The Balaban J connectivity index is 0. The molecule has 0 unspecified atom stereocenters. The summed E-state index contributed by atoms with van der Waals surface area (Å²) in [6.07, 6.45) is 19.2. The molecule has 5 nitrogen and oxygen atoms in total. The molecule has 0 saturated heterocycles. The average Bonchev–Trinajstić information content (AvgIpc) is 2.71. The maximum Gasteiger partial charge on any atom is 1.00 e. The molecule has 3 N–H and O–H groups in total. The van der Waals surface area contributed by atoms with E-state index in [-0.39, 0.29) is 31.6 Å². The third-order valence-electron chi connectivity index (χ3n) is 5.45. The molecular formula is C24H43LiN2O3S. The Labute approximate surface area is 204 Å². The van der Waals surface area contributed by atoms with Gasteiger partial charge in [-0.3, -0.25) is 4.79 Å². The fourth-order valence-corrected chi connectivity index (χ4v) is 4.58. The fraction of sp³-hybridized carbons (Fsp3) is 0.708. The van der Waals surface area contributed by atoms with Gasteiger partial charge in [0.1, 0.15) is 0 Å². The Morgan fingerprint density at radius 3 is 1.58 bits per heavy atom. The van der Waals surface area contributed by atoms with Crippen LogP contribution in [0.25, 0.3) is 0 Å². The van der Waals surface area contributed by atoms with E-state index in [4.69, 9.17) is 5.73 Å². The molecule has 0 aromatic heterocycles. The van der Waals surface area contributed by atoms with Crippen LogP contribution in [0.15, 0.2) is 29.2 Å². The van der Waals surface area contributed by atoms with Gasteiger partial charge in [-0.1, -0.05) is 96.8 Å². The minimum atomic E-state index is -3.80. The number of carbonyl (C=O) groups is 1. The van der Waals surface area contributed by atoms with Gasteiger partial charge >= 0.3 is 18.9 Å². The molecule has 174 valence electrons. The number of nitrogens with one attached hydrogen (secondary N) is 1. The molecular weight excluding hydrogens is 403 g/mol. The monoisotopic (exact) mass is 446 g/mol. The SMILES string of the molecule is CCCCCCCCCCCCCCCCCC(=O)NS(=O)(=O)c1ccc(N)cc1.[H-].[Li+]. The second kappa shape index (κ2) is 18.6. The zero-order valence-electron chi connectivity index (χ0n) is 20.8. The summed E-state index contributed by atoms with van der Waals surface area (Å²) in [7, 11) is -3.80. The van der Waals surface area contributed by atoms with Crippen LogP contribution in [-0.2, 0) is 14.8 Å². The van der Waals surface area contributed by atoms with Crippen LogP contribution in [-0.4, -0.2) is 14.3 Å². The zero-order chi connectivity index (χ0) is 22.1. The summed E-state index contributed by atoms with van der Waals surface area (Å²) in [4.78, 5) is 12.0. The second-order valence-electron chi connectivity index (χ2n) is 8.30. The van der Waals surface area contributed by atoms with E-state index in [1.165, 1.54) is 101 Å². The molecule has 1 amide bonds. The summed E-state index contributed by atoms with van der Waals surface area (Å²) in [5.74, 6) is -0.443. The molecule has 7 heteroatoms. The zero-order valence-corrected chi connectivity index (χ0v) is 20.6. The van der Waals surface area contributed by atoms with Gasteiger partial charge in [0.25, 0.3) is 10.0 Å². The van der Waals surface area contributed by atoms with Crippen LogP contribution in [0.2, 0.25) is 0 Å². The first-order valence-electron chi connectivity index (χ1n) is 11.9. The Bertz CT molecular complexity index is 685. The number of sulfonamides is 1. The van der Waals surface area contributed by atoms with Gasteiger partial charge in [-0.2, -0.15) is 0 Å². The summed E-state index contributed by atoms with van der Waals surface area (Å²) in [6, 6.07) is 5.82. The number of nitrogens with two attached hydrogens (primary N) is 1. The van der Waals surface area contributed by atoms with Crippen molar-refractivity contribution in [2.75, 3.05) is 5.73 Å². The van der Waals surface area contributed by atoms with Crippen molar-refractivity contribution in [1.29, 1.82) is 0 Å². The normalized spacial score (nSPS) is 11.1. The van der Waals surface area contributed by atoms with E-state index in [9.17, 15) is 13.2 Å². The van der Waals surface area contributed by atoms with Gasteiger partial charge in [-0.15, -0.1) is 0 Å². The van der Waals surface area contributed by atoms with Gasteiger partial charge in [-0.25, -0.2) is 13.1 Å². The number of unbranched alkanes of at least 4 members (excludes halogenated alkanes) is 14. The van der Waals surface area contributed by atoms with E-state index < -0.39 is 15.9 Å². The van der Waals surface area contributed by atoms with Crippen LogP contribution < -0.4 is 29.3 Å². The summed E-state index contributed by atoms with van der Waals surface area (Å²) in [5, 5.41) is 0. The van der Waals surface area contributed by atoms with Gasteiger partial charge < -0.3 is 7.16 Å². The van der Waals surface area contributed by atoms with E-state index >= 15 is 0 Å². The Kier molecular flexibility index (Phi) is 18.0. The van der Waals surface area contributed by atoms with E-state index in [0.717, 1.165) is 19.3 Å². The quantitative estimate of drug-likeness (QED) is 0.205. The van der Waals surface area contributed by atoms with Crippen molar-refractivity contribution in [1.82, 2.24) is 4.72 Å². The molecule has 0 radical (unpaired) electrons. The number of carbonyl (C=O) groups excluding carboxylic acids is 1. The first-order valence-corrected chi connectivity index (χ1v) is 13.3. The molecule has 0 saturated carbocycles. The van der Waals surface area contributed by atoms with Crippen molar-refractivity contribution in [2.45, 2.75) is 115 Å². The van der Waals surface area contributed by atoms with Crippen molar-refractivity contribution in [2.24, 2.45) is 0 Å². The van der Waals surface area contributed by atoms with Crippen LogP contribution in [0.5, 0.6) is 0 Å². The molecule has 0 bridgehead atoms. The number of nitrogen functional groups attached to an aromatic ring is 1. The van der Waals surface area contributed by atoms with Gasteiger partial charge in [0.2, 0.25) is 5.91 Å². The molecule has 1 aromatic carbocycles. The molecule has 0 aliphatic rings. The molecule has 0 aliphatic carbocycles. The van der Waals surface area contributed by atoms with Crippen LogP contribution in [0.3, 0.4) is 0 Å². The smallest absolute Gasteiger partial charge is 1.00 e. The molecule has 0 heterocycles. The van der Waals surface area contributed by atoms with E-state index in [1.54, 1.807) is 0 Å². The Morgan fingerprint density at radius 2 is 1.16 bits per heavy atom. The maximum atomic E-state index is 12.1. The third-order valence-corrected chi connectivity index (χ3v) is 6.84. The van der Waals surface area contributed by atoms with Gasteiger partial charge in [0.05, 0.1) is 4.90 Å².